The monoisotopic (exact) mass is 252 g/mol. The van der Waals surface area contributed by atoms with Crippen LogP contribution in [0.3, 0.4) is 0 Å². The standard InChI is InChI=1S/C10H21BrS/c1-9(11)8-10(2,3)6-5-7-12-4/h9H,5-8H2,1-4H3. The van der Waals surface area contributed by atoms with Crippen molar-refractivity contribution in [2.45, 2.75) is 44.9 Å². The van der Waals surface area contributed by atoms with Gasteiger partial charge in [0.2, 0.25) is 0 Å². The molecule has 0 saturated carbocycles. The van der Waals surface area contributed by atoms with Crippen molar-refractivity contribution in [2.75, 3.05) is 12.0 Å². The molecule has 1 unspecified atom stereocenters. The van der Waals surface area contributed by atoms with Crippen LogP contribution in [0.1, 0.15) is 40.0 Å². The van der Waals surface area contributed by atoms with E-state index in [1.165, 1.54) is 25.0 Å². The molecule has 0 aromatic carbocycles. The zero-order chi connectivity index (χ0) is 9.61. The third kappa shape index (κ3) is 7.48. The number of thioether (sulfide) groups is 1. The Bertz CT molecular complexity index is 110. The molecule has 0 aliphatic carbocycles. The smallest absolute Gasteiger partial charge is 0.0122 e. The van der Waals surface area contributed by atoms with E-state index in [-0.39, 0.29) is 0 Å². The maximum absolute atomic E-state index is 3.61. The van der Waals surface area contributed by atoms with E-state index >= 15 is 0 Å². The molecule has 0 amide bonds. The topological polar surface area (TPSA) is 0 Å². The van der Waals surface area contributed by atoms with Crippen LogP contribution < -0.4 is 0 Å². The summed E-state index contributed by atoms with van der Waals surface area (Å²) in [6.45, 7) is 6.96. The molecule has 0 bridgehead atoms. The first-order chi connectivity index (χ1) is 5.48. The van der Waals surface area contributed by atoms with Gasteiger partial charge in [0, 0.05) is 4.83 Å². The number of alkyl halides is 1. The molecule has 74 valence electrons. The lowest BCUT2D eigenvalue weighted by Crippen LogP contribution is -2.15. The SMILES string of the molecule is CSCCCC(C)(C)CC(C)Br. The number of rotatable bonds is 6. The molecule has 0 heterocycles. The zero-order valence-corrected chi connectivity index (χ0v) is 11.1. The maximum atomic E-state index is 3.61. The summed E-state index contributed by atoms with van der Waals surface area (Å²) in [5, 5.41) is 0. The highest BCUT2D eigenvalue weighted by atomic mass is 79.9. The average Bonchev–Trinajstić information content (AvgIpc) is 1.84. The molecule has 0 N–H and O–H groups in total. The molecule has 0 aromatic rings. The Hall–Kier alpha value is 0.830. The molecule has 0 saturated heterocycles. The summed E-state index contributed by atoms with van der Waals surface area (Å²) in [6, 6.07) is 0. The van der Waals surface area contributed by atoms with Crippen molar-refractivity contribution in [1.29, 1.82) is 0 Å². The third-order valence-corrected chi connectivity index (χ3v) is 3.06. The van der Waals surface area contributed by atoms with Gasteiger partial charge in [-0.15, -0.1) is 0 Å². The fourth-order valence-electron chi connectivity index (χ4n) is 1.56. The summed E-state index contributed by atoms with van der Waals surface area (Å²) >= 11 is 5.56. The van der Waals surface area contributed by atoms with Crippen LogP contribution in [0.25, 0.3) is 0 Å². The summed E-state index contributed by atoms with van der Waals surface area (Å²) < 4.78 is 0. The van der Waals surface area contributed by atoms with Crippen molar-refractivity contribution in [3.8, 4) is 0 Å². The van der Waals surface area contributed by atoms with E-state index in [0.29, 0.717) is 10.2 Å². The van der Waals surface area contributed by atoms with Crippen LogP contribution in [-0.2, 0) is 0 Å². The maximum Gasteiger partial charge on any atom is 0.0122 e. The van der Waals surface area contributed by atoms with Crippen molar-refractivity contribution in [3.63, 3.8) is 0 Å². The van der Waals surface area contributed by atoms with E-state index in [1.807, 2.05) is 11.8 Å². The summed E-state index contributed by atoms with van der Waals surface area (Å²) in [5.41, 5.74) is 0.513. The van der Waals surface area contributed by atoms with Crippen LogP contribution >= 0.6 is 27.7 Å². The minimum atomic E-state index is 0.513. The second-order valence-electron chi connectivity index (χ2n) is 4.25. The molecule has 0 aliphatic rings. The van der Waals surface area contributed by atoms with Crippen molar-refractivity contribution in [3.05, 3.63) is 0 Å². The van der Waals surface area contributed by atoms with Crippen LogP contribution in [0.4, 0.5) is 0 Å². The van der Waals surface area contributed by atoms with E-state index < -0.39 is 0 Å². The molecule has 0 aromatic heterocycles. The lowest BCUT2D eigenvalue weighted by molar-refractivity contribution is 0.307. The van der Waals surface area contributed by atoms with Gasteiger partial charge in [-0.3, -0.25) is 0 Å². The van der Waals surface area contributed by atoms with Gasteiger partial charge in [-0.05, 0) is 36.7 Å². The first-order valence-electron chi connectivity index (χ1n) is 4.61. The van der Waals surface area contributed by atoms with Gasteiger partial charge in [-0.1, -0.05) is 36.7 Å². The van der Waals surface area contributed by atoms with Crippen molar-refractivity contribution >= 4 is 27.7 Å². The molecule has 0 aliphatic heterocycles. The normalized spacial score (nSPS) is 14.8. The van der Waals surface area contributed by atoms with Crippen LogP contribution in [0.5, 0.6) is 0 Å². The summed E-state index contributed by atoms with van der Waals surface area (Å²) in [6.07, 6.45) is 6.17. The molecule has 2 heteroatoms. The second kappa shape index (κ2) is 6.31. The van der Waals surface area contributed by atoms with Gasteiger partial charge in [0.1, 0.15) is 0 Å². The van der Waals surface area contributed by atoms with Gasteiger partial charge < -0.3 is 0 Å². The molecule has 1 atom stereocenters. The highest BCUT2D eigenvalue weighted by Crippen LogP contribution is 2.30. The Morgan fingerprint density at radius 1 is 1.42 bits per heavy atom. The van der Waals surface area contributed by atoms with Gasteiger partial charge in [0.05, 0.1) is 0 Å². The molecule has 12 heavy (non-hydrogen) atoms. The Labute approximate surface area is 90.0 Å². The summed E-state index contributed by atoms with van der Waals surface area (Å²) in [4.78, 5) is 0.654. The van der Waals surface area contributed by atoms with E-state index in [0.717, 1.165) is 0 Å². The molecular weight excluding hydrogens is 232 g/mol. The number of halogens is 1. The first kappa shape index (κ1) is 12.8. The Morgan fingerprint density at radius 2 is 2.00 bits per heavy atom. The van der Waals surface area contributed by atoms with Gasteiger partial charge >= 0.3 is 0 Å². The second-order valence-corrected chi connectivity index (χ2v) is 6.79. The Balaban J connectivity index is 3.56. The van der Waals surface area contributed by atoms with Gasteiger partial charge in [0.15, 0.2) is 0 Å². The molecule has 0 fully saturated rings. The van der Waals surface area contributed by atoms with E-state index in [2.05, 4.69) is 43.0 Å². The number of hydrogen-bond donors (Lipinski definition) is 0. The molecular formula is C10H21BrS. The van der Waals surface area contributed by atoms with E-state index in [9.17, 15) is 0 Å². The highest BCUT2D eigenvalue weighted by Gasteiger charge is 2.18. The van der Waals surface area contributed by atoms with Gasteiger partial charge in [-0.2, -0.15) is 11.8 Å². The Kier molecular flexibility index (Phi) is 6.75. The Morgan fingerprint density at radius 3 is 2.42 bits per heavy atom. The van der Waals surface area contributed by atoms with Crippen molar-refractivity contribution < 1.29 is 0 Å². The zero-order valence-electron chi connectivity index (χ0n) is 8.69. The van der Waals surface area contributed by atoms with Crippen molar-refractivity contribution in [2.24, 2.45) is 5.41 Å². The van der Waals surface area contributed by atoms with E-state index in [4.69, 9.17) is 0 Å². The fraction of sp³-hybridized carbons (Fsp3) is 1.00. The van der Waals surface area contributed by atoms with Crippen LogP contribution in [-0.4, -0.2) is 16.8 Å². The highest BCUT2D eigenvalue weighted by molar-refractivity contribution is 9.09. The molecule has 0 radical (unpaired) electrons. The van der Waals surface area contributed by atoms with Crippen LogP contribution in [0.2, 0.25) is 0 Å². The van der Waals surface area contributed by atoms with Crippen LogP contribution in [0.15, 0.2) is 0 Å². The minimum absolute atomic E-state index is 0.513. The van der Waals surface area contributed by atoms with Gasteiger partial charge in [-0.25, -0.2) is 0 Å². The largest absolute Gasteiger partial charge is 0.165 e. The summed E-state index contributed by atoms with van der Waals surface area (Å²) in [7, 11) is 0. The first-order valence-corrected chi connectivity index (χ1v) is 6.92. The fourth-order valence-corrected chi connectivity index (χ4v) is 2.87. The third-order valence-electron chi connectivity index (χ3n) is 2.04. The lowest BCUT2D eigenvalue weighted by Gasteiger charge is -2.25. The quantitative estimate of drug-likeness (QED) is 0.501. The molecule has 0 spiro atoms. The van der Waals surface area contributed by atoms with E-state index in [1.54, 1.807) is 0 Å². The summed E-state index contributed by atoms with van der Waals surface area (Å²) in [5.74, 6) is 1.31. The predicted molar refractivity (Wildman–Crippen MR) is 64.4 cm³/mol. The lowest BCUT2D eigenvalue weighted by atomic mass is 9.84. The van der Waals surface area contributed by atoms with Gasteiger partial charge in [0.25, 0.3) is 0 Å². The number of hydrogen-bond acceptors (Lipinski definition) is 1. The predicted octanol–water partition coefficient (Wildman–Crippen LogP) is 4.33. The van der Waals surface area contributed by atoms with Crippen molar-refractivity contribution in [1.82, 2.24) is 0 Å². The minimum Gasteiger partial charge on any atom is -0.165 e. The van der Waals surface area contributed by atoms with Crippen LogP contribution in [0, 0.1) is 5.41 Å². The molecule has 0 nitrogen and oxygen atoms in total. The molecule has 0 rings (SSSR count). The average molecular weight is 253 g/mol.